The Morgan fingerprint density at radius 3 is 2.65 bits per heavy atom. The number of nitrogens with two attached hydrogens (primary N) is 2. The van der Waals surface area contributed by atoms with Gasteiger partial charge in [-0.25, -0.2) is 23.5 Å². The van der Waals surface area contributed by atoms with Crippen molar-refractivity contribution in [2.24, 2.45) is 10.9 Å². The fraction of sp³-hybridized carbons (Fsp3) is 0.250. The van der Waals surface area contributed by atoms with Crippen LogP contribution in [0.5, 0.6) is 0 Å². The number of hydrogen-bond acceptors (Lipinski definition) is 11. The molecular weight excluding hydrogens is 741 g/mol. The van der Waals surface area contributed by atoms with E-state index in [0.29, 0.717) is 11.1 Å². The minimum Gasteiger partial charge on any atom is -0.478 e. The van der Waals surface area contributed by atoms with E-state index < -0.39 is 52.3 Å². The van der Waals surface area contributed by atoms with E-state index in [1.165, 1.54) is 31.7 Å². The quantitative estimate of drug-likeness (QED) is 0.0401. The predicted octanol–water partition coefficient (Wildman–Crippen LogP) is 2.12. The molecular formula is C32H30ClFN9O7S2+. The van der Waals surface area contributed by atoms with Crippen LogP contribution in [0.2, 0.25) is 4.34 Å². The number of fused-ring (bicyclic) bond motifs is 2. The first kappa shape index (κ1) is 36.3. The number of β-lactam (4-membered cyclic amide) rings is 1. The molecule has 2 atom stereocenters. The normalized spacial score (nSPS) is 17.5. The highest BCUT2D eigenvalue weighted by atomic mass is 35.5. The molecule has 1 fully saturated rings. The van der Waals surface area contributed by atoms with Gasteiger partial charge in [-0.05, 0) is 26.0 Å². The van der Waals surface area contributed by atoms with Gasteiger partial charge in [0, 0.05) is 34.7 Å². The second-order valence-corrected chi connectivity index (χ2v) is 15.0. The van der Waals surface area contributed by atoms with Gasteiger partial charge in [-0.3, -0.25) is 19.9 Å². The number of carboxylic acids is 2. The first-order valence-corrected chi connectivity index (χ1v) is 17.5. The first-order chi connectivity index (χ1) is 24.5. The summed E-state index contributed by atoms with van der Waals surface area (Å²) in [6, 6.07) is 6.89. The number of oxime groups is 1. The minimum atomic E-state index is -1.84. The van der Waals surface area contributed by atoms with Gasteiger partial charge in [-0.15, -0.1) is 11.8 Å². The number of carboxylic acid groups (broad SMARTS) is 2. The van der Waals surface area contributed by atoms with E-state index in [1.807, 2.05) is 22.9 Å². The largest absolute Gasteiger partial charge is 0.478 e. The van der Waals surface area contributed by atoms with Crippen molar-refractivity contribution >= 4 is 86.0 Å². The zero-order chi connectivity index (χ0) is 37.6. The summed E-state index contributed by atoms with van der Waals surface area (Å²) in [4.78, 5) is 61.2. The highest BCUT2D eigenvalue weighted by Gasteiger charge is 2.55. The van der Waals surface area contributed by atoms with E-state index in [1.54, 1.807) is 29.1 Å². The summed E-state index contributed by atoms with van der Waals surface area (Å²) < 4.78 is 18.3. The van der Waals surface area contributed by atoms with Crippen molar-refractivity contribution in [1.82, 2.24) is 19.8 Å². The summed E-state index contributed by atoms with van der Waals surface area (Å²) in [6.07, 6.45) is 5.37. The Bertz CT molecular complexity index is 2250. The Labute approximate surface area is 307 Å². The third-order valence-corrected chi connectivity index (χ3v) is 10.7. The van der Waals surface area contributed by atoms with E-state index in [-0.39, 0.29) is 51.1 Å². The molecule has 52 heavy (non-hydrogen) atoms. The highest BCUT2D eigenvalue weighted by molar-refractivity contribution is 8.00. The van der Waals surface area contributed by atoms with Crippen molar-refractivity contribution in [1.29, 1.82) is 5.41 Å². The molecule has 5 heterocycles. The Balaban J connectivity index is 1.19. The summed E-state index contributed by atoms with van der Waals surface area (Å²) >= 11 is 8.30. The third kappa shape index (κ3) is 6.89. The number of hydrogen-bond donors (Lipinski definition) is 6. The zero-order valence-electron chi connectivity index (χ0n) is 27.3. The molecule has 3 aromatic heterocycles. The van der Waals surface area contributed by atoms with Crippen molar-refractivity contribution in [3.8, 4) is 0 Å². The predicted molar refractivity (Wildman–Crippen MR) is 189 cm³/mol. The molecule has 0 bridgehead atoms. The Hall–Kier alpha value is -5.53. The SMILES string of the molecule is CC(C)(O/N=C(\C(=O)N[C@@H]1C(=O)N2C(C(=O)O)=C(C[n+]3ccc4c(ccn4Cc4ccc(C(=N)N)cc4F)c3)CS[C@H]12)c1nc(N)sc1Cl)C(=O)O. The second-order valence-electron chi connectivity index (χ2n) is 12.3. The molecule has 20 heteroatoms. The van der Waals surface area contributed by atoms with E-state index in [2.05, 4.69) is 15.5 Å². The van der Waals surface area contributed by atoms with Crippen LogP contribution in [0.1, 0.15) is 30.7 Å². The molecule has 270 valence electrons. The molecule has 2 amide bonds. The number of thioether (sulfide) groups is 1. The number of thiazole rings is 1. The van der Waals surface area contributed by atoms with Crippen LogP contribution in [0.25, 0.3) is 10.9 Å². The fourth-order valence-electron chi connectivity index (χ4n) is 5.54. The summed E-state index contributed by atoms with van der Waals surface area (Å²) in [6.45, 7) is 2.79. The number of aromatic nitrogens is 3. The van der Waals surface area contributed by atoms with Crippen LogP contribution in [0, 0.1) is 11.2 Å². The summed E-state index contributed by atoms with van der Waals surface area (Å²) in [5.41, 5.74) is 10.4. The van der Waals surface area contributed by atoms with Crippen molar-refractivity contribution in [3.05, 3.63) is 87.2 Å². The van der Waals surface area contributed by atoms with Crippen LogP contribution in [-0.4, -0.2) is 82.7 Å². The van der Waals surface area contributed by atoms with Gasteiger partial charge in [0.05, 0.1) is 17.4 Å². The van der Waals surface area contributed by atoms with Gasteiger partial charge in [0.2, 0.25) is 5.60 Å². The lowest BCUT2D eigenvalue weighted by molar-refractivity contribution is -0.687. The number of carbonyl (C=O) groups is 4. The average molecular weight is 771 g/mol. The average Bonchev–Trinajstić information content (AvgIpc) is 3.64. The summed E-state index contributed by atoms with van der Waals surface area (Å²) in [5, 5.41) is 33.4. The molecule has 0 radical (unpaired) electrons. The molecule has 6 rings (SSSR count). The number of amidine groups is 1. The molecule has 0 spiro atoms. The van der Waals surface area contributed by atoms with Crippen LogP contribution in [-0.2, 0) is 37.1 Å². The number of aliphatic carboxylic acids is 2. The van der Waals surface area contributed by atoms with Crippen LogP contribution >= 0.6 is 34.7 Å². The van der Waals surface area contributed by atoms with E-state index in [0.717, 1.165) is 27.1 Å². The number of carbonyl (C=O) groups excluding carboxylic acids is 2. The first-order valence-electron chi connectivity index (χ1n) is 15.3. The molecule has 8 N–H and O–H groups in total. The van der Waals surface area contributed by atoms with Crippen molar-refractivity contribution < 1.29 is 43.2 Å². The minimum absolute atomic E-state index is 0.00206. The standard InChI is InChI=1S/C32H29ClFN9O7S2/c1-32(2,30(48)49)50-40-21(20-24(33)52-31(37)39-20)26(44)38-22-27(45)43-23(29(46)47)17(13-51-28(22)43)11-41-7-6-19-16(10-41)5-8-42(19)12-15-4-3-14(25(35)36)9-18(15)34/h3-10,22,28H,11-13H2,1-2H3,(H7-,35,36,37,38,39,44,46,47,48,49)/p+1/b40-21-/t22-,28-/m1/s1. The molecule has 0 saturated carbocycles. The molecule has 1 saturated heterocycles. The Morgan fingerprint density at radius 2 is 2.02 bits per heavy atom. The lowest BCUT2D eigenvalue weighted by atomic mass is 10.0. The zero-order valence-corrected chi connectivity index (χ0v) is 29.7. The number of nitrogen functional groups attached to an aromatic ring is 2. The summed E-state index contributed by atoms with van der Waals surface area (Å²) in [5.74, 6) is -4.83. The van der Waals surface area contributed by atoms with Crippen molar-refractivity contribution in [3.63, 3.8) is 0 Å². The number of nitrogens with one attached hydrogen (secondary N) is 2. The van der Waals surface area contributed by atoms with Gasteiger partial charge < -0.3 is 36.4 Å². The van der Waals surface area contributed by atoms with Crippen LogP contribution in [0.4, 0.5) is 9.52 Å². The maximum Gasteiger partial charge on any atom is 0.352 e. The maximum absolute atomic E-state index is 14.7. The molecule has 0 unspecified atom stereocenters. The number of amides is 2. The molecule has 4 aromatic rings. The van der Waals surface area contributed by atoms with Crippen molar-refractivity contribution in [2.45, 2.75) is 44.0 Å². The number of rotatable bonds is 12. The molecule has 1 aromatic carbocycles. The van der Waals surface area contributed by atoms with Crippen LogP contribution in [0.3, 0.4) is 0 Å². The lowest BCUT2D eigenvalue weighted by Gasteiger charge is -2.49. The lowest BCUT2D eigenvalue weighted by Crippen LogP contribution is -2.71. The maximum atomic E-state index is 14.7. The Morgan fingerprint density at radius 1 is 1.27 bits per heavy atom. The van der Waals surface area contributed by atoms with Gasteiger partial charge in [0.25, 0.3) is 11.8 Å². The third-order valence-electron chi connectivity index (χ3n) is 8.30. The van der Waals surface area contributed by atoms with Gasteiger partial charge in [-0.2, -0.15) is 0 Å². The number of anilines is 1. The molecule has 2 aliphatic heterocycles. The van der Waals surface area contributed by atoms with Gasteiger partial charge in [0.15, 0.2) is 29.8 Å². The second kappa shape index (κ2) is 13.9. The molecule has 0 aliphatic carbocycles. The summed E-state index contributed by atoms with van der Waals surface area (Å²) in [7, 11) is 0. The Kier molecular flexibility index (Phi) is 9.69. The number of pyridine rings is 1. The van der Waals surface area contributed by atoms with Crippen LogP contribution in [0.15, 0.2) is 65.3 Å². The monoisotopic (exact) mass is 770 g/mol. The number of halogens is 2. The van der Waals surface area contributed by atoms with E-state index in [4.69, 9.17) is 33.3 Å². The molecule has 2 aliphatic rings. The number of benzene rings is 1. The number of nitrogens with zero attached hydrogens (tertiary/aromatic N) is 5. The van der Waals surface area contributed by atoms with Gasteiger partial charge in [-0.1, -0.05) is 40.2 Å². The van der Waals surface area contributed by atoms with Crippen LogP contribution < -0.4 is 21.4 Å². The topological polar surface area (TPSA) is 243 Å². The van der Waals surface area contributed by atoms with Gasteiger partial charge in [0.1, 0.15) is 38.8 Å². The van der Waals surface area contributed by atoms with E-state index in [9.17, 15) is 33.8 Å². The fourth-order valence-corrected chi connectivity index (χ4v) is 7.81. The van der Waals surface area contributed by atoms with E-state index >= 15 is 0 Å². The van der Waals surface area contributed by atoms with Crippen molar-refractivity contribution in [2.75, 3.05) is 11.5 Å². The highest BCUT2D eigenvalue weighted by Crippen LogP contribution is 2.40. The molecule has 16 nitrogen and oxygen atoms in total. The smallest absolute Gasteiger partial charge is 0.352 e. The van der Waals surface area contributed by atoms with Gasteiger partial charge >= 0.3 is 11.9 Å².